The van der Waals surface area contributed by atoms with Crippen LogP contribution in [0, 0.1) is 0 Å². The van der Waals surface area contributed by atoms with Crippen LogP contribution >= 0.6 is 0 Å². The van der Waals surface area contributed by atoms with Gasteiger partial charge in [-0.05, 0) is 24.0 Å². The molecule has 0 aliphatic rings. The predicted molar refractivity (Wildman–Crippen MR) is 82.3 cm³/mol. The third-order valence-corrected chi connectivity index (χ3v) is 3.27. The van der Waals surface area contributed by atoms with E-state index < -0.39 is 5.97 Å². The van der Waals surface area contributed by atoms with Crippen LogP contribution in [0.5, 0.6) is 0 Å². The molecule has 3 N–H and O–H groups in total. The van der Waals surface area contributed by atoms with Gasteiger partial charge in [-0.2, -0.15) is 0 Å². The van der Waals surface area contributed by atoms with Crippen molar-refractivity contribution >= 4 is 11.9 Å². The van der Waals surface area contributed by atoms with Gasteiger partial charge < -0.3 is 15.7 Å². The minimum atomic E-state index is -0.822. The summed E-state index contributed by atoms with van der Waals surface area (Å²) in [5, 5.41) is 14.9. The number of carboxylic acids is 1. The largest absolute Gasteiger partial charge is 0.481 e. The Morgan fingerprint density at radius 2 is 1.76 bits per heavy atom. The number of rotatable bonds is 9. The van der Waals surface area contributed by atoms with E-state index in [4.69, 9.17) is 5.11 Å². The fraction of sp³-hybridized carbons (Fsp3) is 0.500. The van der Waals surface area contributed by atoms with Gasteiger partial charge in [0.25, 0.3) is 0 Å². The van der Waals surface area contributed by atoms with Gasteiger partial charge in [0.2, 0.25) is 5.91 Å². The lowest BCUT2D eigenvalue weighted by atomic mass is 10.0. The minimum absolute atomic E-state index is 0.0651. The van der Waals surface area contributed by atoms with Crippen LogP contribution in [-0.4, -0.2) is 36.1 Å². The summed E-state index contributed by atoms with van der Waals surface area (Å²) in [7, 11) is 0. The van der Waals surface area contributed by atoms with E-state index in [9.17, 15) is 9.59 Å². The summed E-state index contributed by atoms with van der Waals surface area (Å²) >= 11 is 0. The monoisotopic (exact) mass is 292 g/mol. The van der Waals surface area contributed by atoms with Crippen molar-refractivity contribution < 1.29 is 14.7 Å². The van der Waals surface area contributed by atoms with Crippen LogP contribution in [-0.2, 0) is 22.4 Å². The highest BCUT2D eigenvalue weighted by molar-refractivity contribution is 5.72. The molecule has 0 aliphatic carbocycles. The maximum atomic E-state index is 10.9. The number of carbonyl (C=O) groups excluding carboxylic acids is 1. The van der Waals surface area contributed by atoms with Gasteiger partial charge in [-0.25, -0.2) is 0 Å². The summed E-state index contributed by atoms with van der Waals surface area (Å²) < 4.78 is 0. The first-order valence-electron chi connectivity index (χ1n) is 7.28. The molecule has 1 amide bonds. The summed E-state index contributed by atoms with van der Waals surface area (Å²) in [6, 6.07) is 8.10. The highest BCUT2D eigenvalue weighted by Crippen LogP contribution is 2.09. The Labute approximate surface area is 125 Å². The van der Waals surface area contributed by atoms with Crippen molar-refractivity contribution in [2.45, 2.75) is 39.2 Å². The Kier molecular flexibility index (Phi) is 7.46. The normalized spacial score (nSPS) is 11.9. The molecular weight excluding hydrogens is 268 g/mol. The van der Waals surface area contributed by atoms with E-state index in [0.29, 0.717) is 19.5 Å². The SMILES string of the molecule is CCc1ccc(CC(CC(=O)O)NCCNC(C)=O)cc1. The van der Waals surface area contributed by atoms with Crippen LogP contribution in [0.2, 0.25) is 0 Å². The molecule has 0 fully saturated rings. The number of hydrogen-bond acceptors (Lipinski definition) is 3. The molecule has 0 radical (unpaired) electrons. The second-order valence-corrected chi connectivity index (χ2v) is 5.11. The van der Waals surface area contributed by atoms with Crippen LogP contribution in [0.1, 0.15) is 31.4 Å². The molecule has 0 heterocycles. The fourth-order valence-corrected chi connectivity index (χ4v) is 2.14. The zero-order valence-electron chi connectivity index (χ0n) is 12.7. The maximum absolute atomic E-state index is 10.9. The second-order valence-electron chi connectivity index (χ2n) is 5.11. The number of aliphatic carboxylic acids is 1. The van der Waals surface area contributed by atoms with Crippen molar-refractivity contribution in [3.05, 3.63) is 35.4 Å². The van der Waals surface area contributed by atoms with Crippen molar-refractivity contribution in [2.24, 2.45) is 0 Å². The molecule has 5 nitrogen and oxygen atoms in total. The Morgan fingerprint density at radius 3 is 2.29 bits per heavy atom. The lowest BCUT2D eigenvalue weighted by Crippen LogP contribution is -2.38. The first-order chi connectivity index (χ1) is 10.0. The number of amides is 1. The third-order valence-electron chi connectivity index (χ3n) is 3.27. The van der Waals surface area contributed by atoms with Crippen LogP contribution in [0.4, 0.5) is 0 Å². The van der Waals surface area contributed by atoms with E-state index in [1.165, 1.54) is 12.5 Å². The number of carbonyl (C=O) groups is 2. The Balaban J connectivity index is 2.51. The number of nitrogens with one attached hydrogen (secondary N) is 2. The fourth-order valence-electron chi connectivity index (χ4n) is 2.14. The van der Waals surface area contributed by atoms with Crippen LogP contribution in [0.25, 0.3) is 0 Å². The molecular formula is C16H24N2O3. The molecule has 5 heteroatoms. The van der Waals surface area contributed by atoms with Crippen molar-refractivity contribution in [1.82, 2.24) is 10.6 Å². The molecule has 1 aromatic rings. The molecule has 0 saturated carbocycles. The third kappa shape index (κ3) is 7.46. The van der Waals surface area contributed by atoms with Gasteiger partial charge in [0.1, 0.15) is 0 Å². The van der Waals surface area contributed by atoms with Gasteiger partial charge in [-0.3, -0.25) is 9.59 Å². The van der Waals surface area contributed by atoms with E-state index >= 15 is 0 Å². The molecule has 1 atom stereocenters. The zero-order valence-corrected chi connectivity index (χ0v) is 12.7. The Bertz CT molecular complexity index is 457. The molecule has 0 aliphatic heterocycles. The Hall–Kier alpha value is -1.88. The van der Waals surface area contributed by atoms with Gasteiger partial charge >= 0.3 is 5.97 Å². The maximum Gasteiger partial charge on any atom is 0.304 e. The predicted octanol–water partition coefficient (Wildman–Crippen LogP) is 1.36. The van der Waals surface area contributed by atoms with E-state index in [-0.39, 0.29) is 18.4 Å². The molecule has 0 bridgehead atoms. The van der Waals surface area contributed by atoms with Gasteiger partial charge in [0, 0.05) is 26.1 Å². The van der Waals surface area contributed by atoms with Crippen molar-refractivity contribution in [1.29, 1.82) is 0 Å². The zero-order chi connectivity index (χ0) is 15.7. The van der Waals surface area contributed by atoms with Gasteiger partial charge in [0.15, 0.2) is 0 Å². The first-order valence-corrected chi connectivity index (χ1v) is 7.28. The standard InChI is InChI=1S/C16H24N2O3/c1-3-13-4-6-14(7-5-13)10-15(11-16(20)21)18-9-8-17-12(2)19/h4-7,15,18H,3,8-11H2,1-2H3,(H,17,19)(H,20,21). The van der Waals surface area contributed by atoms with E-state index in [1.54, 1.807) is 0 Å². The summed E-state index contributed by atoms with van der Waals surface area (Å²) in [6.45, 7) is 4.63. The lowest BCUT2D eigenvalue weighted by molar-refractivity contribution is -0.137. The molecule has 1 unspecified atom stereocenters. The average Bonchev–Trinajstić information content (AvgIpc) is 2.43. The van der Waals surface area contributed by atoms with E-state index in [2.05, 4.69) is 29.7 Å². The molecule has 116 valence electrons. The van der Waals surface area contributed by atoms with Gasteiger partial charge in [0.05, 0.1) is 6.42 Å². The number of aryl methyl sites for hydroxylation is 1. The van der Waals surface area contributed by atoms with E-state index in [1.807, 2.05) is 12.1 Å². The van der Waals surface area contributed by atoms with Crippen molar-refractivity contribution in [3.8, 4) is 0 Å². The Morgan fingerprint density at radius 1 is 1.14 bits per heavy atom. The van der Waals surface area contributed by atoms with Gasteiger partial charge in [-0.15, -0.1) is 0 Å². The van der Waals surface area contributed by atoms with Crippen LogP contribution in [0.3, 0.4) is 0 Å². The quantitative estimate of drug-likeness (QED) is 0.601. The molecule has 1 aromatic carbocycles. The first kappa shape index (κ1) is 17.2. The molecule has 0 aromatic heterocycles. The summed E-state index contributed by atoms with van der Waals surface area (Å²) in [6.07, 6.45) is 1.72. The van der Waals surface area contributed by atoms with Crippen LogP contribution < -0.4 is 10.6 Å². The lowest BCUT2D eigenvalue weighted by Gasteiger charge is -2.17. The smallest absolute Gasteiger partial charge is 0.304 e. The molecule has 0 saturated heterocycles. The van der Waals surface area contributed by atoms with Crippen molar-refractivity contribution in [2.75, 3.05) is 13.1 Å². The topological polar surface area (TPSA) is 78.4 Å². The van der Waals surface area contributed by atoms with Crippen molar-refractivity contribution in [3.63, 3.8) is 0 Å². The number of carboxylic acid groups (broad SMARTS) is 1. The molecule has 21 heavy (non-hydrogen) atoms. The summed E-state index contributed by atoms with van der Waals surface area (Å²) in [5.74, 6) is -0.904. The summed E-state index contributed by atoms with van der Waals surface area (Å²) in [4.78, 5) is 21.7. The highest BCUT2D eigenvalue weighted by Gasteiger charge is 2.13. The molecule has 0 spiro atoms. The number of benzene rings is 1. The van der Waals surface area contributed by atoms with Crippen LogP contribution in [0.15, 0.2) is 24.3 Å². The minimum Gasteiger partial charge on any atom is -0.481 e. The highest BCUT2D eigenvalue weighted by atomic mass is 16.4. The average molecular weight is 292 g/mol. The van der Waals surface area contributed by atoms with Gasteiger partial charge in [-0.1, -0.05) is 31.2 Å². The van der Waals surface area contributed by atoms with E-state index in [0.717, 1.165) is 12.0 Å². The summed E-state index contributed by atoms with van der Waals surface area (Å²) in [5.41, 5.74) is 2.39. The second kappa shape index (κ2) is 9.13. The molecule has 1 rings (SSSR count). The number of hydrogen-bond donors (Lipinski definition) is 3.